The first kappa shape index (κ1) is 23.9. The fourth-order valence-corrected chi connectivity index (χ4v) is 7.78. The highest BCUT2D eigenvalue weighted by atomic mass is 35.5. The molecule has 1 saturated heterocycles. The summed E-state index contributed by atoms with van der Waals surface area (Å²) in [4.78, 5) is 16.7. The lowest BCUT2D eigenvalue weighted by Crippen LogP contribution is -2.48. The van der Waals surface area contributed by atoms with Crippen molar-refractivity contribution in [1.82, 2.24) is 19.9 Å². The third-order valence-corrected chi connectivity index (χ3v) is 10.5. The third kappa shape index (κ3) is 4.42. The highest BCUT2D eigenvalue weighted by Gasteiger charge is 2.50. The predicted molar refractivity (Wildman–Crippen MR) is 123 cm³/mol. The molecule has 0 spiro atoms. The van der Waals surface area contributed by atoms with Gasteiger partial charge in [-0.2, -0.15) is 18.1 Å². The summed E-state index contributed by atoms with van der Waals surface area (Å²) >= 11 is 5.84. The van der Waals surface area contributed by atoms with Crippen molar-refractivity contribution in [2.24, 2.45) is 4.36 Å². The van der Waals surface area contributed by atoms with E-state index in [0.29, 0.717) is 36.5 Å². The van der Waals surface area contributed by atoms with Crippen molar-refractivity contribution in [3.8, 4) is 0 Å². The second-order valence-corrected chi connectivity index (χ2v) is 13.5. The lowest BCUT2D eigenvalue weighted by molar-refractivity contribution is 0.104. The van der Waals surface area contributed by atoms with Crippen LogP contribution in [0.5, 0.6) is 0 Å². The van der Waals surface area contributed by atoms with Crippen molar-refractivity contribution in [3.05, 3.63) is 28.9 Å². The number of aliphatic hydroxyl groups is 1. The second kappa shape index (κ2) is 8.68. The molecular weight excluding hydrogens is 510 g/mol. The van der Waals surface area contributed by atoms with Crippen LogP contribution in [0.3, 0.4) is 0 Å². The Balaban J connectivity index is 1.45. The van der Waals surface area contributed by atoms with Crippen LogP contribution in [-0.2, 0) is 26.9 Å². The van der Waals surface area contributed by atoms with Gasteiger partial charge in [0.25, 0.3) is 5.95 Å². The molecule has 0 amide bonds. The van der Waals surface area contributed by atoms with E-state index >= 15 is 0 Å². The van der Waals surface area contributed by atoms with Crippen molar-refractivity contribution in [3.63, 3.8) is 0 Å². The van der Waals surface area contributed by atoms with E-state index in [-0.39, 0.29) is 46.4 Å². The Hall–Kier alpha value is -1.83. The van der Waals surface area contributed by atoms with Crippen LogP contribution in [0, 0.1) is 0 Å². The minimum atomic E-state index is -3.48. The van der Waals surface area contributed by atoms with Gasteiger partial charge in [0.05, 0.1) is 39.0 Å². The number of anilines is 1. The van der Waals surface area contributed by atoms with Gasteiger partial charge < -0.3 is 10.4 Å². The normalized spacial score (nSPS) is 29.2. The van der Waals surface area contributed by atoms with Crippen LogP contribution >= 0.6 is 11.6 Å². The Morgan fingerprint density at radius 1 is 1.24 bits per heavy atom. The van der Waals surface area contributed by atoms with Crippen LogP contribution in [0.25, 0.3) is 0 Å². The summed E-state index contributed by atoms with van der Waals surface area (Å²) in [5.74, 6) is 0.967. The number of rotatable bonds is 5. The lowest BCUT2D eigenvalue weighted by atomic mass is 9.77. The molecule has 34 heavy (non-hydrogen) atoms. The molecule has 9 nitrogen and oxygen atoms in total. The van der Waals surface area contributed by atoms with Crippen LogP contribution < -0.4 is 5.32 Å². The molecule has 0 bridgehead atoms. The monoisotopic (exact) mass is 532 g/mol. The number of hydrogen-bond donors (Lipinski definition) is 2. The first-order valence-electron chi connectivity index (χ1n) is 10.9. The molecule has 0 unspecified atom stereocenters. The summed E-state index contributed by atoms with van der Waals surface area (Å²) in [6, 6.07) is 0. The molecule has 1 atom stereocenters. The molecule has 2 aromatic rings. The van der Waals surface area contributed by atoms with E-state index in [1.54, 1.807) is 0 Å². The molecule has 0 radical (unpaired) electrons. The molecule has 1 saturated carbocycles. The van der Waals surface area contributed by atoms with Crippen LogP contribution in [0.2, 0.25) is 5.02 Å². The maximum Gasteiger partial charge on any atom is 0.331 e. The smallest absolute Gasteiger partial charge is 0.331 e. The van der Waals surface area contributed by atoms with E-state index in [1.807, 2.05) is 0 Å². The molecular formula is C20H23ClF2N6O3S2. The van der Waals surface area contributed by atoms with Gasteiger partial charge in [-0.25, -0.2) is 23.4 Å². The van der Waals surface area contributed by atoms with E-state index in [1.165, 1.54) is 12.4 Å². The average molecular weight is 533 g/mol. The quantitative estimate of drug-likeness (QED) is 0.600. The minimum absolute atomic E-state index is 0.0179. The third-order valence-electron chi connectivity index (χ3n) is 6.57. The lowest BCUT2D eigenvalue weighted by Gasteiger charge is -2.41. The molecule has 3 aliphatic rings. The zero-order valence-electron chi connectivity index (χ0n) is 18.0. The van der Waals surface area contributed by atoms with Crippen LogP contribution in [0.4, 0.5) is 20.5 Å². The fourth-order valence-electron chi connectivity index (χ4n) is 4.44. The Morgan fingerprint density at radius 3 is 2.50 bits per heavy atom. The molecule has 2 aromatic heterocycles. The zero-order chi connectivity index (χ0) is 24.1. The van der Waals surface area contributed by atoms with Crippen molar-refractivity contribution in [2.45, 2.75) is 60.1 Å². The van der Waals surface area contributed by atoms with Crippen LogP contribution in [0.1, 0.15) is 49.5 Å². The highest BCUT2D eigenvalue weighted by molar-refractivity contribution is 7.93. The number of aromatic nitrogens is 4. The first-order chi connectivity index (χ1) is 16.1. The fraction of sp³-hybridized carbons (Fsp3) is 0.600. The van der Waals surface area contributed by atoms with E-state index in [2.05, 4.69) is 29.6 Å². The second-order valence-electron chi connectivity index (χ2n) is 8.95. The van der Waals surface area contributed by atoms with Crippen molar-refractivity contribution >= 4 is 43.9 Å². The number of alkyl halides is 2. The summed E-state index contributed by atoms with van der Waals surface area (Å²) in [5, 5.41) is 9.79. The Labute approximate surface area is 202 Å². The molecule has 4 heterocycles. The summed E-state index contributed by atoms with van der Waals surface area (Å²) in [6.45, 7) is -0.216. The molecule has 1 aliphatic carbocycles. The number of nitrogens with one attached hydrogen (secondary N) is 1. The number of halogens is 3. The molecule has 2 aliphatic heterocycles. The van der Waals surface area contributed by atoms with Gasteiger partial charge in [-0.05, 0) is 32.1 Å². The van der Waals surface area contributed by atoms with E-state index < -0.39 is 37.7 Å². The van der Waals surface area contributed by atoms with Gasteiger partial charge in [-0.3, -0.25) is 0 Å². The van der Waals surface area contributed by atoms with Crippen molar-refractivity contribution < 1.29 is 22.3 Å². The number of nitrogens with zero attached hydrogens (tertiary/aromatic N) is 5. The molecule has 14 heteroatoms. The summed E-state index contributed by atoms with van der Waals surface area (Å²) in [6.07, 6.45) is 5.43. The Kier molecular flexibility index (Phi) is 6.10. The number of fused-ring (bicyclic) bond motifs is 1. The van der Waals surface area contributed by atoms with Gasteiger partial charge in [-0.1, -0.05) is 11.6 Å². The van der Waals surface area contributed by atoms with E-state index in [9.17, 15) is 22.3 Å². The zero-order valence-corrected chi connectivity index (χ0v) is 20.4. The predicted octanol–water partition coefficient (Wildman–Crippen LogP) is 3.18. The summed E-state index contributed by atoms with van der Waals surface area (Å²) < 4.78 is 58.7. The summed E-state index contributed by atoms with van der Waals surface area (Å²) in [5.41, 5.74) is -0.779. The van der Waals surface area contributed by atoms with E-state index in [0.717, 1.165) is 6.42 Å². The van der Waals surface area contributed by atoms with Gasteiger partial charge in [0.15, 0.2) is 0 Å². The number of hydrogen-bond acceptors (Lipinski definition) is 9. The standard InChI is InChI=1S/C20H23ClF2N6O3S2/c21-13-9-24-16(25-10-13)12-2-6-34(32,7-3-12)29-18-26-14-8-20(22,23)33(31)15(14)17(27-18)28-19(11-30)4-1-5-19/h9-10,12,30H,1-8,11H2,(H,26,27,28)/t12?,33-,34?/m0/s1. The molecule has 2 N–H and O–H groups in total. The minimum Gasteiger partial charge on any atom is -0.394 e. The molecule has 5 rings (SSSR count). The SMILES string of the molecule is O=[S@]1c2c(nc(N=S3(=O)CCC(c4ncc(Cl)cn4)CC3)nc2NC2(CO)CCC2)CC1(F)F. The highest BCUT2D eigenvalue weighted by Crippen LogP contribution is 2.44. The van der Waals surface area contributed by atoms with E-state index in [4.69, 9.17) is 11.6 Å². The van der Waals surface area contributed by atoms with Crippen molar-refractivity contribution in [2.75, 3.05) is 23.4 Å². The van der Waals surface area contributed by atoms with Crippen molar-refractivity contribution in [1.29, 1.82) is 0 Å². The largest absolute Gasteiger partial charge is 0.394 e. The molecule has 0 aromatic carbocycles. The Morgan fingerprint density at radius 2 is 1.91 bits per heavy atom. The maximum absolute atomic E-state index is 14.3. The van der Waals surface area contributed by atoms with Crippen LogP contribution in [-0.4, -0.2) is 62.4 Å². The average Bonchev–Trinajstić information content (AvgIpc) is 3.00. The van der Waals surface area contributed by atoms with Crippen LogP contribution in [0.15, 0.2) is 21.7 Å². The molecule has 2 fully saturated rings. The number of aliphatic hydroxyl groups excluding tert-OH is 1. The maximum atomic E-state index is 14.3. The Bertz CT molecular complexity index is 1250. The van der Waals surface area contributed by atoms with Gasteiger partial charge in [-0.15, -0.1) is 0 Å². The van der Waals surface area contributed by atoms with Gasteiger partial charge in [0.1, 0.15) is 27.3 Å². The van der Waals surface area contributed by atoms with Gasteiger partial charge in [0, 0.05) is 29.8 Å². The first-order valence-corrected chi connectivity index (χ1v) is 14.3. The summed E-state index contributed by atoms with van der Waals surface area (Å²) in [7, 11) is -5.36. The topological polar surface area (TPSA) is 130 Å². The van der Waals surface area contributed by atoms with Gasteiger partial charge >= 0.3 is 5.25 Å². The molecule has 184 valence electrons. The van der Waals surface area contributed by atoms with Gasteiger partial charge in [0.2, 0.25) is 0 Å².